The van der Waals surface area contributed by atoms with Gasteiger partial charge in [0.15, 0.2) is 0 Å². The summed E-state index contributed by atoms with van der Waals surface area (Å²) in [6.07, 6.45) is 1.45. The van der Waals surface area contributed by atoms with Crippen LogP contribution in [-0.4, -0.2) is 34.6 Å². The largest absolute Gasteiger partial charge is 0.352 e. The zero-order chi connectivity index (χ0) is 26.8. The van der Waals surface area contributed by atoms with Crippen LogP contribution in [0.5, 0.6) is 0 Å². The van der Waals surface area contributed by atoms with Gasteiger partial charge in [-0.25, -0.2) is 0 Å². The first-order chi connectivity index (χ1) is 17.8. The fourth-order valence-electron chi connectivity index (χ4n) is 3.76. The van der Waals surface area contributed by atoms with Crippen LogP contribution in [0, 0.1) is 0 Å². The molecule has 0 saturated heterocycles. The number of amides is 2. The van der Waals surface area contributed by atoms with Crippen molar-refractivity contribution in [3.05, 3.63) is 99.0 Å². The molecule has 3 rings (SSSR count). The molecular formula is C29H31Cl3N2O2S. The second-order valence-corrected chi connectivity index (χ2v) is 11.3. The number of rotatable bonds is 12. The van der Waals surface area contributed by atoms with Crippen LogP contribution in [0.25, 0.3) is 0 Å². The Balaban J connectivity index is 1.88. The Hall–Kier alpha value is -2.18. The summed E-state index contributed by atoms with van der Waals surface area (Å²) in [4.78, 5) is 29.9. The molecule has 2 amide bonds. The number of benzene rings is 3. The van der Waals surface area contributed by atoms with E-state index in [1.165, 1.54) is 0 Å². The second-order valence-electron chi connectivity index (χ2n) is 8.83. The maximum atomic E-state index is 13.7. The Morgan fingerprint density at radius 3 is 2.27 bits per heavy atom. The number of hydrogen-bond acceptors (Lipinski definition) is 3. The Labute approximate surface area is 238 Å². The highest BCUT2D eigenvalue weighted by molar-refractivity contribution is 7.99. The lowest BCUT2D eigenvalue weighted by atomic mass is 10.0. The van der Waals surface area contributed by atoms with Crippen molar-refractivity contribution in [3.63, 3.8) is 0 Å². The van der Waals surface area contributed by atoms with Crippen molar-refractivity contribution in [1.82, 2.24) is 10.2 Å². The highest BCUT2D eigenvalue weighted by Crippen LogP contribution is 2.26. The molecule has 37 heavy (non-hydrogen) atoms. The van der Waals surface area contributed by atoms with Crippen molar-refractivity contribution in [2.45, 2.75) is 56.6 Å². The van der Waals surface area contributed by atoms with Gasteiger partial charge in [0, 0.05) is 51.1 Å². The van der Waals surface area contributed by atoms with Crippen molar-refractivity contribution in [1.29, 1.82) is 0 Å². The molecule has 8 heteroatoms. The highest BCUT2D eigenvalue weighted by Gasteiger charge is 2.31. The van der Waals surface area contributed by atoms with Gasteiger partial charge in [0.2, 0.25) is 11.8 Å². The van der Waals surface area contributed by atoms with Gasteiger partial charge in [0.25, 0.3) is 0 Å². The van der Waals surface area contributed by atoms with Crippen LogP contribution < -0.4 is 5.32 Å². The lowest BCUT2D eigenvalue weighted by molar-refractivity contribution is -0.141. The molecular weight excluding hydrogens is 547 g/mol. The number of nitrogens with zero attached hydrogens (tertiary/aromatic N) is 1. The van der Waals surface area contributed by atoms with E-state index in [0.29, 0.717) is 27.2 Å². The summed E-state index contributed by atoms with van der Waals surface area (Å²) in [5, 5.41) is 4.72. The Kier molecular flexibility index (Phi) is 11.7. The van der Waals surface area contributed by atoms with Crippen LogP contribution in [0.3, 0.4) is 0 Å². The first-order valence-electron chi connectivity index (χ1n) is 12.2. The Morgan fingerprint density at radius 2 is 1.62 bits per heavy atom. The van der Waals surface area contributed by atoms with E-state index in [-0.39, 0.29) is 30.8 Å². The molecule has 3 aromatic rings. The van der Waals surface area contributed by atoms with Crippen molar-refractivity contribution >= 4 is 58.4 Å². The molecule has 4 nitrogen and oxygen atoms in total. The Bertz CT molecular complexity index is 1180. The van der Waals surface area contributed by atoms with Crippen molar-refractivity contribution in [2.24, 2.45) is 0 Å². The first kappa shape index (κ1) is 29.4. The number of thioether (sulfide) groups is 1. The maximum Gasteiger partial charge on any atom is 0.243 e. The SMILES string of the molecule is CCC(C)NC(=O)C(Cc1ccccc1)N(Cc1ccc(Cl)cc1Cl)C(=O)CCSc1ccc(Cl)cc1. The van der Waals surface area contributed by atoms with Crippen LogP contribution in [0.2, 0.25) is 15.1 Å². The average molecular weight is 578 g/mol. The zero-order valence-corrected chi connectivity index (χ0v) is 24.0. The zero-order valence-electron chi connectivity index (χ0n) is 20.9. The van der Waals surface area contributed by atoms with Crippen molar-refractivity contribution in [3.8, 4) is 0 Å². The smallest absolute Gasteiger partial charge is 0.243 e. The quantitative estimate of drug-likeness (QED) is 0.225. The van der Waals surface area contributed by atoms with Gasteiger partial charge in [0.05, 0.1) is 0 Å². The third kappa shape index (κ3) is 9.26. The van der Waals surface area contributed by atoms with Gasteiger partial charge in [-0.15, -0.1) is 11.8 Å². The standard InChI is InChI=1S/C29H31Cl3N2O2S/c1-3-20(2)33-29(36)27(17-21-7-5-4-6-8-21)34(19-22-9-10-24(31)18-26(22)32)28(35)15-16-37-25-13-11-23(30)12-14-25/h4-14,18,20,27H,3,15-17,19H2,1-2H3,(H,33,36). The molecule has 0 bridgehead atoms. The van der Waals surface area contributed by atoms with Gasteiger partial charge in [-0.1, -0.05) is 78.1 Å². The number of nitrogens with one attached hydrogen (secondary N) is 1. The number of carbonyl (C=O) groups is 2. The molecule has 0 aromatic heterocycles. The molecule has 0 radical (unpaired) electrons. The topological polar surface area (TPSA) is 49.4 Å². The number of halogens is 3. The predicted octanol–water partition coefficient (Wildman–Crippen LogP) is 7.68. The van der Waals surface area contributed by atoms with E-state index in [0.717, 1.165) is 22.4 Å². The normalized spacial score (nSPS) is 12.6. The van der Waals surface area contributed by atoms with Crippen LogP contribution in [0.4, 0.5) is 0 Å². The van der Waals surface area contributed by atoms with E-state index in [4.69, 9.17) is 34.8 Å². The van der Waals surface area contributed by atoms with Gasteiger partial charge in [-0.05, 0) is 60.9 Å². The summed E-state index contributed by atoms with van der Waals surface area (Å²) in [5.41, 5.74) is 1.71. The minimum atomic E-state index is -0.698. The summed E-state index contributed by atoms with van der Waals surface area (Å²) in [6.45, 7) is 4.18. The van der Waals surface area contributed by atoms with E-state index >= 15 is 0 Å². The van der Waals surface area contributed by atoms with Crippen molar-refractivity contribution in [2.75, 3.05) is 5.75 Å². The van der Waals surface area contributed by atoms with Gasteiger partial charge in [-0.2, -0.15) is 0 Å². The van der Waals surface area contributed by atoms with E-state index < -0.39 is 6.04 Å². The molecule has 0 aliphatic carbocycles. The number of hydrogen-bond donors (Lipinski definition) is 1. The molecule has 1 N–H and O–H groups in total. The molecule has 2 unspecified atom stereocenters. The number of carbonyl (C=O) groups excluding carboxylic acids is 2. The average Bonchev–Trinajstić information content (AvgIpc) is 2.88. The predicted molar refractivity (Wildman–Crippen MR) is 156 cm³/mol. The molecule has 0 fully saturated rings. The monoisotopic (exact) mass is 576 g/mol. The van der Waals surface area contributed by atoms with Crippen LogP contribution in [-0.2, 0) is 22.6 Å². The summed E-state index contributed by atoms with van der Waals surface area (Å²) >= 11 is 20.2. The fraction of sp³-hybridized carbons (Fsp3) is 0.310. The second kappa shape index (κ2) is 14.7. The maximum absolute atomic E-state index is 13.7. The lowest BCUT2D eigenvalue weighted by Gasteiger charge is -2.32. The minimum Gasteiger partial charge on any atom is -0.352 e. The molecule has 0 spiro atoms. The molecule has 0 aliphatic heterocycles. The fourth-order valence-corrected chi connectivity index (χ4v) is 5.19. The minimum absolute atomic E-state index is 0.0118. The highest BCUT2D eigenvalue weighted by atomic mass is 35.5. The third-order valence-corrected chi connectivity index (χ3v) is 7.88. The first-order valence-corrected chi connectivity index (χ1v) is 14.3. The van der Waals surface area contributed by atoms with E-state index in [1.807, 2.05) is 68.4 Å². The molecule has 0 heterocycles. The van der Waals surface area contributed by atoms with Gasteiger partial charge in [-0.3, -0.25) is 9.59 Å². The molecule has 196 valence electrons. The molecule has 0 saturated carbocycles. The van der Waals surface area contributed by atoms with E-state index in [1.54, 1.807) is 34.9 Å². The van der Waals surface area contributed by atoms with Gasteiger partial charge in [0.1, 0.15) is 6.04 Å². The molecule has 0 aliphatic rings. The summed E-state index contributed by atoms with van der Waals surface area (Å²) in [5.74, 6) is 0.269. The van der Waals surface area contributed by atoms with Gasteiger partial charge < -0.3 is 10.2 Å². The van der Waals surface area contributed by atoms with Crippen molar-refractivity contribution < 1.29 is 9.59 Å². The molecule has 2 atom stereocenters. The summed E-state index contributed by atoms with van der Waals surface area (Å²) < 4.78 is 0. The lowest BCUT2D eigenvalue weighted by Crippen LogP contribution is -2.52. The molecule has 3 aromatic carbocycles. The van der Waals surface area contributed by atoms with Crippen LogP contribution in [0.15, 0.2) is 77.7 Å². The van der Waals surface area contributed by atoms with Gasteiger partial charge >= 0.3 is 0 Å². The van der Waals surface area contributed by atoms with Crippen LogP contribution in [0.1, 0.15) is 37.8 Å². The summed E-state index contributed by atoms with van der Waals surface area (Å²) in [6, 6.07) is 21.8. The summed E-state index contributed by atoms with van der Waals surface area (Å²) in [7, 11) is 0. The third-order valence-electron chi connectivity index (χ3n) is 6.03. The van der Waals surface area contributed by atoms with E-state index in [2.05, 4.69) is 5.32 Å². The Morgan fingerprint density at radius 1 is 0.946 bits per heavy atom. The van der Waals surface area contributed by atoms with E-state index in [9.17, 15) is 9.59 Å². The van der Waals surface area contributed by atoms with Crippen LogP contribution >= 0.6 is 46.6 Å².